The van der Waals surface area contributed by atoms with Gasteiger partial charge in [0.15, 0.2) is 0 Å². The van der Waals surface area contributed by atoms with Crippen molar-refractivity contribution in [1.29, 1.82) is 0 Å². The quantitative estimate of drug-likeness (QED) is 0.0662. The number of rotatable bonds is 21. The summed E-state index contributed by atoms with van der Waals surface area (Å²) >= 11 is 0. The van der Waals surface area contributed by atoms with Crippen molar-refractivity contribution in [3.8, 4) is 89.0 Å². The van der Waals surface area contributed by atoms with E-state index < -0.39 is 0 Å². The Morgan fingerprint density at radius 3 is 1.33 bits per heavy atom. The molecule has 0 spiro atoms. The van der Waals surface area contributed by atoms with Crippen LogP contribution < -0.4 is 0 Å². The van der Waals surface area contributed by atoms with Crippen molar-refractivity contribution in [2.24, 2.45) is 0 Å². The van der Waals surface area contributed by atoms with Gasteiger partial charge in [-0.3, -0.25) is 0 Å². The van der Waals surface area contributed by atoms with Crippen molar-refractivity contribution >= 4 is 5.70 Å². The van der Waals surface area contributed by atoms with Gasteiger partial charge in [-0.15, -0.1) is 0 Å². The summed E-state index contributed by atoms with van der Waals surface area (Å²) in [7, 11) is 2.25. The Morgan fingerprint density at radius 2 is 0.819 bits per heavy atom. The topological polar surface area (TPSA) is 6.48 Å². The van der Waals surface area contributed by atoms with Gasteiger partial charge in [0.25, 0.3) is 0 Å². The maximum Gasteiger partial charge on any atom is 0.0733 e. The Kier molecular flexibility index (Phi) is 18.1. The van der Waals surface area contributed by atoms with Crippen LogP contribution in [0.3, 0.4) is 0 Å². The molecule has 0 fully saturated rings. The lowest BCUT2D eigenvalue weighted by Crippen LogP contribution is -2.62. The summed E-state index contributed by atoms with van der Waals surface area (Å²) in [6.45, 7) is 8.31. The summed E-state index contributed by atoms with van der Waals surface area (Å²) < 4.78 is 0. The van der Waals surface area contributed by atoms with Crippen LogP contribution in [0.4, 0.5) is 0 Å². The SMILES string of the molecule is CCC1(CCc2ccc(-c3cccc(-c4cccc(-c5cccc(-c6cccc(CCCCCCc7ccccc7)c6)c5)c4)c3)cc2C2=CC=CCN2C)c2ccc(-c3cccc(-c4cccc(-c5cccc(-c6ccccc6)c5)c4)c3)cc2C2C=CC=CN2C1(C)CC. The van der Waals surface area contributed by atoms with Gasteiger partial charge in [0, 0.05) is 42.0 Å². The van der Waals surface area contributed by atoms with E-state index in [9.17, 15) is 0 Å². The molecule has 464 valence electrons. The highest BCUT2D eigenvalue weighted by Crippen LogP contribution is 2.57. The molecule has 2 heteroatoms. The molecule has 0 amide bonds. The van der Waals surface area contributed by atoms with Crippen LogP contribution in [0.15, 0.2) is 310 Å². The highest BCUT2D eigenvalue weighted by atomic mass is 15.2. The van der Waals surface area contributed by atoms with Gasteiger partial charge in [-0.25, -0.2) is 0 Å². The predicted molar refractivity (Wildman–Crippen MR) is 400 cm³/mol. The number of likely N-dealkylation sites (N-methyl/N-ethyl adjacent to an activating group) is 1. The maximum atomic E-state index is 2.72. The first-order valence-corrected chi connectivity index (χ1v) is 34.5. The summed E-state index contributed by atoms with van der Waals surface area (Å²) in [6.07, 6.45) is 27.5. The second-order valence-corrected chi connectivity index (χ2v) is 26.6. The molecular weight excluding hydrogens is 1130 g/mol. The molecule has 11 aromatic carbocycles. The van der Waals surface area contributed by atoms with Crippen molar-refractivity contribution in [2.75, 3.05) is 13.6 Å². The summed E-state index contributed by atoms with van der Waals surface area (Å²) in [6, 6.07) is 100. The highest BCUT2D eigenvalue weighted by Gasteiger charge is 2.55. The Balaban J connectivity index is 0.727. The van der Waals surface area contributed by atoms with Gasteiger partial charge in [0.05, 0.1) is 6.04 Å². The third kappa shape index (κ3) is 12.7. The van der Waals surface area contributed by atoms with Crippen molar-refractivity contribution in [2.45, 2.75) is 102 Å². The third-order valence-corrected chi connectivity index (χ3v) is 21.2. The number of fused-ring (bicyclic) bond motifs is 3. The van der Waals surface area contributed by atoms with Crippen LogP contribution in [-0.4, -0.2) is 28.9 Å². The fourth-order valence-corrected chi connectivity index (χ4v) is 15.8. The molecule has 0 N–H and O–H groups in total. The first-order valence-electron chi connectivity index (χ1n) is 34.5. The van der Waals surface area contributed by atoms with E-state index in [1.165, 1.54) is 160 Å². The van der Waals surface area contributed by atoms with E-state index in [0.717, 1.165) is 38.6 Å². The van der Waals surface area contributed by atoms with Gasteiger partial charge >= 0.3 is 0 Å². The molecule has 0 radical (unpaired) electrons. The summed E-state index contributed by atoms with van der Waals surface area (Å²) in [4.78, 5) is 5.14. The van der Waals surface area contributed by atoms with Gasteiger partial charge in [0.1, 0.15) is 0 Å². The summed E-state index contributed by atoms with van der Waals surface area (Å²) in [5.74, 6) is 0. The lowest BCUT2D eigenvalue weighted by atomic mass is 9.55. The molecule has 0 bridgehead atoms. The van der Waals surface area contributed by atoms with Crippen molar-refractivity contribution in [3.63, 3.8) is 0 Å². The lowest BCUT2D eigenvalue weighted by Gasteiger charge is -2.61. The van der Waals surface area contributed by atoms with Gasteiger partial charge in [0.2, 0.25) is 0 Å². The van der Waals surface area contributed by atoms with Gasteiger partial charge in [-0.2, -0.15) is 0 Å². The molecular formula is C92H86N2. The number of aryl methyl sites for hydroxylation is 3. The minimum absolute atomic E-state index is 0.137. The van der Waals surface area contributed by atoms with E-state index in [2.05, 4.69) is 347 Å². The molecule has 0 aromatic heterocycles. The third-order valence-electron chi connectivity index (χ3n) is 21.2. The predicted octanol–water partition coefficient (Wildman–Crippen LogP) is 24.1. The first kappa shape index (κ1) is 61.5. The van der Waals surface area contributed by atoms with Crippen LogP contribution in [0.5, 0.6) is 0 Å². The van der Waals surface area contributed by atoms with Crippen LogP contribution in [-0.2, 0) is 24.7 Å². The lowest BCUT2D eigenvalue weighted by molar-refractivity contribution is 0.0110. The molecule has 3 aliphatic rings. The molecule has 3 atom stereocenters. The smallest absolute Gasteiger partial charge is 0.0733 e. The van der Waals surface area contributed by atoms with E-state index in [1.807, 2.05) is 0 Å². The van der Waals surface area contributed by atoms with Gasteiger partial charge in [-0.1, -0.05) is 269 Å². The number of hydrogen-bond acceptors (Lipinski definition) is 2. The molecule has 94 heavy (non-hydrogen) atoms. The molecule has 0 aliphatic carbocycles. The van der Waals surface area contributed by atoms with Crippen LogP contribution in [0.25, 0.3) is 94.7 Å². The second-order valence-electron chi connectivity index (χ2n) is 26.6. The Labute approximate surface area is 559 Å². The van der Waals surface area contributed by atoms with E-state index in [1.54, 1.807) is 0 Å². The zero-order valence-corrected chi connectivity index (χ0v) is 55.2. The van der Waals surface area contributed by atoms with Gasteiger partial charge in [-0.05, 0) is 236 Å². The standard InChI is InChI=1S/C92H86N2/c1-5-91(3)92(6-2,88-53-52-85(66-87(88)90-49-18-20-57-94(90)91)83-47-27-45-81(64-83)78-42-24-40-76(61-78)74-38-22-36-72(59-74)69-33-15-10-16-34-69)55-54-70-50-51-84(65-86(70)89-48-17-19-56-93(89)4)82-46-26-44-80(63-82)79-43-25-41-77(62-79)75-39-23-37-73(60-75)71-35-21-32-68(58-71)31-12-8-7-11-28-67-29-13-9-14-30-67/h9-10,13-27,29-30,32-53,57-66,90H,5-8,11-12,28,31,54-56H2,1-4H3. The minimum Gasteiger partial charge on any atom is -0.370 e. The summed E-state index contributed by atoms with van der Waals surface area (Å²) in [5, 5.41) is 0. The fraction of sp³-hybridized carbons (Fsp3) is 0.196. The largest absolute Gasteiger partial charge is 0.370 e. The molecule has 3 aliphatic heterocycles. The second kappa shape index (κ2) is 27.7. The van der Waals surface area contributed by atoms with E-state index in [4.69, 9.17) is 0 Å². The number of benzene rings is 11. The van der Waals surface area contributed by atoms with Crippen LogP contribution in [0.2, 0.25) is 0 Å². The van der Waals surface area contributed by atoms with Crippen molar-refractivity contribution in [3.05, 3.63) is 343 Å². The van der Waals surface area contributed by atoms with Gasteiger partial charge < -0.3 is 9.80 Å². The number of unbranched alkanes of at least 4 members (excludes halogenated alkanes) is 3. The molecule has 3 unspecified atom stereocenters. The van der Waals surface area contributed by atoms with Crippen molar-refractivity contribution in [1.82, 2.24) is 9.80 Å². The normalized spacial score (nSPS) is 17.2. The van der Waals surface area contributed by atoms with E-state index in [-0.39, 0.29) is 17.0 Å². The maximum absolute atomic E-state index is 2.72. The first-order chi connectivity index (χ1) is 46.2. The zero-order valence-electron chi connectivity index (χ0n) is 55.2. The van der Waals surface area contributed by atoms with Crippen molar-refractivity contribution < 1.29 is 0 Å². The minimum atomic E-state index is -0.150. The van der Waals surface area contributed by atoms with E-state index in [0.29, 0.717) is 0 Å². The fourth-order valence-electron chi connectivity index (χ4n) is 15.8. The van der Waals surface area contributed by atoms with Crippen LogP contribution >= 0.6 is 0 Å². The number of allylic oxidation sites excluding steroid dienone is 4. The summed E-state index contributed by atoms with van der Waals surface area (Å²) in [5.41, 5.74) is 29.2. The molecule has 11 aromatic rings. The zero-order chi connectivity index (χ0) is 63.9. The average Bonchev–Trinajstić information content (AvgIpc) is 0.705. The molecule has 2 nitrogen and oxygen atoms in total. The number of nitrogens with zero attached hydrogens (tertiary/aromatic N) is 2. The van der Waals surface area contributed by atoms with Crippen LogP contribution in [0.1, 0.15) is 105 Å². The molecule has 0 saturated carbocycles. The Bertz CT molecular complexity index is 4620. The highest BCUT2D eigenvalue weighted by molar-refractivity contribution is 5.83. The molecule has 3 heterocycles. The Morgan fingerprint density at radius 1 is 0.383 bits per heavy atom. The Hall–Kier alpha value is -10.0. The van der Waals surface area contributed by atoms with E-state index >= 15 is 0 Å². The molecule has 14 rings (SSSR count). The average molecular weight is 1220 g/mol. The monoisotopic (exact) mass is 1220 g/mol. The number of hydrogen-bond donors (Lipinski definition) is 0. The molecule has 0 saturated heterocycles. The van der Waals surface area contributed by atoms with Crippen LogP contribution in [0, 0.1) is 0 Å².